The predicted molar refractivity (Wildman–Crippen MR) is 86.9 cm³/mol. The van der Waals surface area contributed by atoms with Gasteiger partial charge in [-0.3, -0.25) is 9.55 Å². The Morgan fingerprint density at radius 3 is 2.48 bits per heavy atom. The number of aromatic nitrogens is 1. The molecule has 122 valence electrons. The first-order valence-electron chi connectivity index (χ1n) is 7.19. The third kappa shape index (κ3) is 4.05. The van der Waals surface area contributed by atoms with Crippen LogP contribution in [0.15, 0.2) is 54.9 Å². The third-order valence-corrected chi connectivity index (χ3v) is 5.18. The number of nitrogens with one attached hydrogen (secondary N) is 1. The van der Waals surface area contributed by atoms with Crippen molar-refractivity contribution >= 4 is 13.5 Å². The van der Waals surface area contributed by atoms with Crippen molar-refractivity contribution < 1.29 is 19.4 Å². The van der Waals surface area contributed by atoms with E-state index in [-0.39, 0.29) is 12.6 Å². The van der Waals surface area contributed by atoms with E-state index in [4.69, 9.17) is 0 Å². The molecule has 1 aromatic carbocycles. The first kappa shape index (κ1) is 17.3. The van der Waals surface area contributed by atoms with Crippen molar-refractivity contribution in [3.05, 3.63) is 66.0 Å². The fourth-order valence-corrected chi connectivity index (χ4v) is 4.22. The second-order valence-electron chi connectivity index (χ2n) is 5.26. The fourth-order valence-electron chi connectivity index (χ4n) is 2.45. The first-order valence-corrected chi connectivity index (χ1v) is 9.03. The molecule has 0 saturated carbocycles. The standard InChI is InChI=1S/C16H19N2O4P/c1-2-16(15(19)20,14-9-6-10-17-11-14)18-23(21,22)12-13-7-4-3-5-8-13/h3-11H,2,12H2,1H3,(H,19,20)(H2,18,21,22). The van der Waals surface area contributed by atoms with Crippen LogP contribution in [0.2, 0.25) is 0 Å². The monoisotopic (exact) mass is 334 g/mol. The van der Waals surface area contributed by atoms with Crippen molar-refractivity contribution in [3.8, 4) is 0 Å². The summed E-state index contributed by atoms with van der Waals surface area (Å²) in [4.78, 5) is 26.1. The maximum absolute atomic E-state index is 12.6. The van der Waals surface area contributed by atoms with E-state index in [2.05, 4.69) is 10.1 Å². The molecule has 2 atom stereocenters. The maximum Gasteiger partial charge on any atom is 0.329 e. The van der Waals surface area contributed by atoms with Gasteiger partial charge in [0.25, 0.3) is 7.52 Å². The van der Waals surface area contributed by atoms with Gasteiger partial charge in [-0.2, -0.15) is 0 Å². The van der Waals surface area contributed by atoms with Gasteiger partial charge >= 0.3 is 5.97 Å². The lowest BCUT2D eigenvalue weighted by Crippen LogP contribution is -2.47. The van der Waals surface area contributed by atoms with Crippen LogP contribution in [0.25, 0.3) is 0 Å². The number of hydrogen-bond acceptors (Lipinski definition) is 3. The van der Waals surface area contributed by atoms with E-state index in [1.807, 2.05) is 6.07 Å². The zero-order chi connectivity index (χ0) is 16.9. The summed E-state index contributed by atoms with van der Waals surface area (Å²) in [7, 11) is -3.93. The number of hydrogen-bond donors (Lipinski definition) is 3. The highest BCUT2D eigenvalue weighted by molar-refractivity contribution is 7.55. The van der Waals surface area contributed by atoms with Crippen LogP contribution in [-0.4, -0.2) is 21.0 Å². The average Bonchev–Trinajstić information content (AvgIpc) is 2.53. The summed E-state index contributed by atoms with van der Waals surface area (Å²) in [5, 5.41) is 12.2. The molecule has 6 nitrogen and oxygen atoms in total. The quantitative estimate of drug-likeness (QED) is 0.673. The number of carboxylic acids is 1. The van der Waals surface area contributed by atoms with Crippen LogP contribution in [0.5, 0.6) is 0 Å². The van der Waals surface area contributed by atoms with Gasteiger partial charge in [0.15, 0.2) is 5.54 Å². The lowest BCUT2D eigenvalue weighted by atomic mass is 9.90. The number of benzene rings is 1. The van der Waals surface area contributed by atoms with Gasteiger partial charge in [-0.15, -0.1) is 0 Å². The Morgan fingerprint density at radius 2 is 1.96 bits per heavy atom. The van der Waals surface area contributed by atoms with Crippen LogP contribution in [0.1, 0.15) is 24.5 Å². The highest BCUT2D eigenvalue weighted by atomic mass is 31.2. The van der Waals surface area contributed by atoms with E-state index in [0.717, 1.165) is 0 Å². The minimum absolute atomic E-state index is 0.105. The minimum atomic E-state index is -3.93. The van der Waals surface area contributed by atoms with Crippen molar-refractivity contribution in [1.29, 1.82) is 0 Å². The number of pyridine rings is 1. The normalized spacial score (nSPS) is 16.3. The maximum atomic E-state index is 12.6. The molecule has 1 heterocycles. The smallest absolute Gasteiger partial charge is 0.329 e. The lowest BCUT2D eigenvalue weighted by Gasteiger charge is -2.32. The van der Waals surface area contributed by atoms with Gasteiger partial charge in [0.1, 0.15) is 0 Å². The van der Waals surface area contributed by atoms with Crippen molar-refractivity contribution in [2.75, 3.05) is 0 Å². The second-order valence-corrected chi connectivity index (χ2v) is 7.21. The van der Waals surface area contributed by atoms with Crippen molar-refractivity contribution in [2.24, 2.45) is 0 Å². The zero-order valence-corrected chi connectivity index (χ0v) is 13.6. The van der Waals surface area contributed by atoms with Crippen molar-refractivity contribution in [2.45, 2.75) is 25.0 Å². The van der Waals surface area contributed by atoms with Crippen LogP contribution < -0.4 is 5.09 Å². The molecule has 3 N–H and O–H groups in total. The van der Waals surface area contributed by atoms with E-state index in [9.17, 15) is 19.4 Å². The number of nitrogens with zero attached hydrogens (tertiary/aromatic N) is 1. The molecular weight excluding hydrogens is 315 g/mol. The SMILES string of the molecule is CCC(NP(=O)(O)Cc1ccccc1)(C(=O)O)c1cccnc1. The average molecular weight is 334 g/mol. The van der Waals surface area contributed by atoms with Gasteiger partial charge in [0.2, 0.25) is 0 Å². The van der Waals surface area contributed by atoms with Crippen molar-refractivity contribution in [3.63, 3.8) is 0 Å². The van der Waals surface area contributed by atoms with E-state index >= 15 is 0 Å². The van der Waals surface area contributed by atoms with Crippen LogP contribution >= 0.6 is 7.52 Å². The van der Waals surface area contributed by atoms with Crippen LogP contribution in [0, 0.1) is 0 Å². The highest BCUT2D eigenvalue weighted by Gasteiger charge is 2.43. The summed E-state index contributed by atoms with van der Waals surface area (Å²) in [6.07, 6.45) is 2.87. The minimum Gasteiger partial charge on any atom is -0.480 e. The molecule has 2 rings (SSSR count). The molecule has 0 amide bonds. The molecule has 2 aromatic rings. The predicted octanol–water partition coefficient (Wildman–Crippen LogP) is 2.75. The van der Waals surface area contributed by atoms with Gasteiger partial charge in [-0.25, -0.2) is 9.88 Å². The zero-order valence-electron chi connectivity index (χ0n) is 12.7. The first-order chi connectivity index (χ1) is 10.9. The summed E-state index contributed by atoms with van der Waals surface area (Å²) < 4.78 is 12.6. The lowest BCUT2D eigenvalue weighted by molar-refractivity contribution is -0.144. The van der Waals surface area contributed by atoms with E-state index in [1.165, 1.54) is 12.4 Å². The molecule has 2 unspecified atom stereocenters. The number of aliphatic carboxylic acids is 1. The van der Waals surface area contributed by atoms with Crippen molar-refractivity contribution in [1.82, 2.24) is 10.1 Å². The third-order valence-electron chi connectivity index (χ3n) is 3.66. The molecular formula is C16H19N2O4P. The van der Waals surface area contributed by atoms with E-state index in [0.29, 0.717) is 11.1 Å². The molecule has 23 heavy (non-hydrogen) atoms. The van der Waals surface area contributed by atoms with Gasteiger partial charge in [-0.1, -0.05) is 43.3 Å². The molecule has 7 heteroatoms. The van der Waals surface area contributed by atoms with Crippen LogP contribution in [0.4, 0.5) is 0 Å². The Morgan fingerprint density at radius 1 is 1.26 bits per heavy atom. The number of rotatable bonds is 7. The molecule has 0 bridgehead atoms. The Bertz CT molecular complexity index is 709. The van der Waals surface area contributed by atoms with Gasteiger partial charge in [0, 0.05) is 18.0 Å². The molecule has 0 radical (unpaired) electrons. The fraction of sp³-hybridized carbons (Fsp3) is 0.250. The summed E-state index contributed by atoms with van der Waals surface area (Å²) in [5.41, 5.74) is -0.655. The Labute approximate surface area is 134 Å². The summed E-state index contributed by atoms with van der Waals surface area (Å²) in [6, 6.07) is 12.0. The van der Waals surface area contributed by atoms with Crippen LogP contribution in [-0.2, 0) is 21.1 Å². The Hall–Kier alpha value is -2.01. The molecule has 0 fully saturated rings. The molecule has 0 saturated heterocycles. The summed E-state index contributed by atoms with van der Waals surface area (Å²) in [6.45, 7) is 1.65. The molecule has 0 aliphatic heterocycles. The Balaban J connectivity index is 2.34. The summed E-state index contributed by atoms with van der Waals surface area (Å²) >= 11 is 0. The molecule has 0 aliphatic rings. The molecule has 0 spiro atoms. The highest BCUT2D eigenvalue weighted by Crippen LogP contribution is 2.45. The van der Waals surface area contributed by atoms with Gasteiger partial charge < -0.3 is 10.00 Å². The summed E-state index contributed by atoms with van der Waals surface area (Å²) in [5.74, 6) is -1.21. The number of carboxylic acid groups (broad SMARTS) is 1. The topological polar surface area (TPSA) is 99.5 Å². The largest absolute Gasteiger partial charge is 0.480 e. The van der Waals surface area contributed by atoms with Gasteiger partial charge in [-0.05, 0) is 18.1 Å². The van der Waals surface area contributed by atoms with E-state index < -0.39 is 19.0 Å². The number of carbonyl (C=O) groups is 1. The van der Waals surface area contributed by atoms with Gasteiger partial charge in [0.05, 0.1) is 6.16 Å². The van der Waals surface area contributed by atoms with Crippen LogP contribution in [0.3, 0.4) is 0 Å². The Kier molecular flexibility index (Phi) is 5.31. The molecule has 1 aromatic heterocycles. The molecule has 0 aliphatic carbocycles. The van der Waals surface area contributed by atoms with E-state index in [1.54, 1.807) is 43.3 Å². The second kappa shape index (κ2) is 7.04.